The molecule has 0 spiro atoms. The summed E-state index contributed by atoms with van der Waals surface area (Å²) in [5.41, 5.74) is 6.40. The maximum atomic E-state index is 12.0. The van der Waals surface area contributed by atoms with Crippen LogP contribution in [0.25, 0.3) is 10.9 Å². The fourth-order valence-electron chi connectivity index (χ4n) is 3.02. The van der Waals surface area contributed by atoms with Crippen molar-refractivity contribution in [2.75, 3.05) is 51.5 Å². The molecule has 1 amide bonds. The van der Waals surface area contributed by atoms with E-state index in [1.165, 1.54) is 12.1 Å². The van der Waals surface area contributed by atoms with Crippen LogP contribution in [0.3, 0.4) is 0 Å². The van der Waals surface area contributed by atoms with Crippen molar-refractivity contribution < 1.29 is 25.9 Å². The molecule has 152 valence electrons. The van der Waals surface area contributed by atoms with Crippen molar-refractivity contribution in [2.45, 2.75) is 25.4 Å². The minimum atomic E-state index is -2.77. The Kier molecular flexibility index (Phi) is 4.53. The number of nitrogens with two attached hydrogens (primary N) is 1. The first-order chi connectivity index (χ1) is 15.5. The van der Waals surface area contributed by atoms with Crippen molar-refractivity contribution >= 4 is 28.6 Å². The predicted octanol–water partition coefficient (Wildman–Crippen LogP) is 1.35. The molecular weight excluding hydrogens is 362 g/mol. The number of rotatable bonds is 8. The lowest BCUT2D eigenvalue weighted by Gasteiger charge is -2.19. The lowest BCUT2D eigenvalue weighted by molar-refractivity contribution is -0.130. The van der Waals surface area contributed by atoms with Crippen molar-refractivity contribution in [3.05, 3.63) is 12.1 Å². The average Bonchev–Trinajstić information content (AvgIpc) is 3.25. The lowest BCUT2D eigenvalue weighted by atomic mass is 10.2. The van der Waals surface area contributed by atoms with E-state index in [0.29, 0.717) is 43.0 Å². The number of nitrogens with zero attached hydrogens (tertiary/aromatic N) is 3. The summed E-state index contributed by atoms with van der Waals surface area (Å²) in [6.07, 6.45) is 1.89. The van der Waals surface area contributed by atoms with Gasteiger partial charge in [-0.25, -0.2) is 4.98 Å². The van der Waals surface area contributed by atoms with Crippen LogP contribution < -0.4 is 25.4 Å². The maximum Gasteiger partial charge on any atom is 0.249 e. The van der Waals surface area contributed by atoms with Gasteiger partial charge in [0.1, 0.15) is 11.9 Å². The number of methoxy groups -OCH3 is 2. The molecule has 1 unspecified atom stereocenters. The van der Waals surface area contributed by atoms with Gasteiger partial charge in [-0.2, -0.15) is 4.98 Å². The Morgan fingerprint density at radius 2 is 2.29 bits per heavy atom. The smallest absolute Gasteiger partial charge is 0.249 e. The summed E-state index contributed by atoms with van der Waals surface area (Å²) in [6, 6.07) is 2.68. The highest BCUT2D eigenvalue weighted by Crippen LogP contribution is 2.33. The summed E-state index contributed by atoms with van der Waals surface area (Å²) >= 11 is 0. The van der Waals surface area contributed by atoms with Crippen LogP contribution in [-0.4, -0.2) is 62.8 Å². The van der Waals surface area contributed by atoms with E-state index in [1.54, 1.807) is 11.9 Å². The van der Waals surface area contributed by atoms with Gasteiger partial charge in [0, 0.05) is 38.2 Å². The van der Waals surface area contributed by atoms with E-state index in [4.69, 9.17) is 26.8 Å². The van der Waals surface area contributed by atoms with Crippen LogP contribution in [0, 0.1) is 0 Å². The highest BCUT2D eigenvalue weighted by Gasteiger charge is 2.22. The zero-order valence-corrected chi connectivity index (χ0v) is 15.6. The maximum absolute atomic E-state index is 12.0. The van der Waals surface area contributed by atoms with Crippen LogP contribution in [-0.2, 0) is 9.53 Å². The normalized spacial score (nSPS) is 19.4. The van der Waals surface area contributed by atoms with Gasteiger partial charge in [0.15, 0.2) is 11.5 Å². The Morgan fingerprint density at radius 3 is 3.04 bits per heavy atom. The Bertz CT molecular complexity index is 985. The predicted molar refractivity (Wildman–Crippen MR) is 107 cm³/mol. The molecule has 9 heteroatoms. The molecule has 1 fully saturated rings. The van der Waals surface area contributed by atoms with Crippen LogP contribution in [0.4, 0.5) is 11.8 Å². The van der Waals surface area contributed by atoms with E-state index >= 15 is 0 Å². The molecule has 1 saturated heterocycles. The topological polar surface area (TPSA) is 112 Å². The molecule has 1 atom stereocenters. The van der Waals surface area contributed by atoms with Gasteiger partial charge >= 0.3 is 0 Å². The van der Waals surface area contributed by atoms with E-state index in [9.17, 15) is 4.79 Å². The third kappa shape index (κ3) is 4.36. The van der Waals surface area contributed by atoms with Gasteiger partial charge in [0.2, 0.25) is 11.9 Å². The van der Waals surface area contributed by atoms with E-state index < -0.39 is 14.1 Å². The molecule has 3 N–H and O–H groups in total. The standard InChI is InChI=1S/C19H27N5O4/c1-24(8-5-7-21-18(25)14-6-4-9-28-14)19-22-13-11-16(27-3)15(26-2)10-12(13)17(20)23-19/h10-11,14H,4-9H2,1-3H3,(H,21,25)(H2,20,22,23)/i2D2,3D3. The number of nitrogen functional groups attached to an aromatic ring is 1. The second-order valence-corrected chi connectivity index (χ2v) is 6.51. The van der Waals surface area contributed by atoms with Gasteiger partial charge in [-0.1, -0.05) is 0 Å². The number of fused-ring (bicyclic) bond motifs is 1. The van der Waals surface area contributed by atoms with E-state index in [-0.39, 0.29) is 29.3 Å². The average molecular weight is 394 g/mol. The minimum Gasteiger partial charge on any atom is -0.493 e. The van der Waals surface area contributed by atoms with E-state index in [2.05, 4.69) is 15.3 Å². The number of hydrogen-bond acceptors (Lipinski definition) is 8. The molecule has 0 bridgehead atoms. The number of hydrogen-bond donors (Lipinski definition) is 2. The molecule has 3 rings (SSSR count). The summed E-state index contributed by atoms with van der Waals surface area (Å²) < 4.78 is 52.0. The second-order valence-electron chi connectivity index (χ2n) is 6.51. The number of nitrogens with one attached hydrogen (secondary N) is 1. The zero-order chi connectivity index (χ0) is 24.2. The van der Waals surface area contributed by atoms with Crippen LogP contribution in [0.5, 0.6) is 11.5 Å². The lowest BCUT2D eigenvalue weighted by Crippen LogP contribution is -2.36. The van der Waals surface area contributed by atoms with Crippen molar-refractivity contribution in [2.24, 2.45) is 0 Å². The minimum absolute atomic E-state index is 0.108. The third-order valence-electron chi connectivity index (χ3n) is 4.55. The summed E-state index contributed by atoms with van der Waals surface area (Å²) in [5, 5.41) is 3.22. The van der Waals surface area contributed by atoms with Gasteiger partial charge in [0.05, 0.1) is 26.5 Å². The van der Waals surface area contributed by atoms with Crippen molar-refractivity contribution in [1.82, 2.24) is 15.3 Å². The number of anilines is 2. The fourth-order valence-corrected chi connectivity index (χ4v) is 3.02. The first-order valence-corrected chi connectivity index (χ1v) is 8.95. The summed E-state index contributed by atoms with van der Waals surface area (Å²) in [6.45, 7) is 1.60. The SMILES string of the molecule is [2H]C([2H])Oc1cc2c(N)nc(N(C)CCCNC(=O)C3CCCO3)nc2cc1OC([2H])([2H])[2H]. The van der Waals surface area contributed by atoms with Gasteiger partial charge in [-0.05, 0) is 25.3 Å². The number of benzene rings is 1. The van der Waals surface area contributed by atoms with Crippen LogP contribution in [0.15, 0.2) is 12.1 Å². The van der Waals surface area contributed by atoms with Gasteiger partial charge in [-0.3, -0.25) is 4.79 Å². The quantitative estimate of drug-likeness (QED) is 0.646. The first kappa shape index (κ1) is 14.2. The molecule has 1 aliphatic heterocycles. The Morgan fingerprint density at radius 1 is 1.43 bits per heavy atom. The van der Waals surface area contributed by atoms with E-state index in [1.807, 2.05) is 0 Å². The largest absolute Gasteiger partial charge is 0.493 e. The molecule has 0 radical (unpaired) electrons. The van der Waals surface area contributed by atoms with Crippen molar-refractivity contribution in [1.29, 1.82) is 0 Å². The summed E-state index contributed by atoms with van der Waals surface area (Å²) in [4.78, 5) is 22.5. The molecule has 0 saturated carbocycles. The Labute approximate surface area is 171 Å². The monoisotopic (exact) mass is 394 g/mol. The van der Waals surface area contributed by atoms with Crippen molar-refractivity contribution in [3.63, 3.8) is 0 Å². The molecule has 1 aliphatic rings. The first-order valence-electron chi connectivity index (χ1n) is 11.6. The molecule has 1 aromatic carbocycles. The fraction of sp³-hybridized carbons (Fsp3) is 0.526. The summed E-state index contributed by atoms with van der Waals surface area (Å²) in [5.74, 6) is 0.00876. The summed E-state index contributed by atoms with van der Waals surface area (Å²) in [7, 11) is -2.70. The highest BCUT2D eigenvalue weighted by molar-refractivity contribution is 5.91. The molecule has 2 aromatic rings. The number of ether oxygens (including phenoxy) is 3. The Hall–Kier alpha value is -2.81. The molecule has 1 aromatic heterocycles. The number of carbonyl (C=O) groups is 1. The molecule has 2 heterocycles. The van der Waals surface area contributed by atoms with Crippen molar-refractivity contribution in [3.8, 4) is 11.5 Å². The van der Waals surface area contributed by atoms with Crippen LogP contribution in [0.2, 0.25) is 0 Å². The number of carbonyl (C=O) groups excluding carboxylic acids is 1. The van der Waals surface area contributed by atoms with Gasteiger partial charge in [0.25, 0.3) is 0 Å². The van der Waals surface area contributed by atoms with Crippen LogP contribution in [0.1, 0.15) is 26.1 Å². The molecule has 0 aliphatic carbocycles. The number of amides is 1. The van der Waals surface area contributed by atoms with Crippen LogP contribution >= 0.6 is 0 Å². The second kappa shape index (κ2) is 8.92. The van der Waals surface area contributed by atoms with Gasteiger partial charge in [-0.15, -0.1) is 0 Å². The third-order valence-corrected chi connectivity index (χ3v) is 4.55. The van der Waals surface area contributed by atoms with E-state index in [0.717, 1.165) is 12.8 Å². The molecular formula is C19H27N5O4. The Balaban J connectivity index is 1.72. The highest BCUT2D eigenvalue weighted by atomic mass is 16.5. The molecule has 9 nitrogen and oxygen atoms in total. The number of aromatic nitrogens is 2. The zero-order valence-electron chi connectivity index (χ0n) is 20.6. The molecule has 28 heavy (non-hydrogen) atoms. The van der Waals surface area contributed by atoms with Gasteiger partial charge < -0.3 is 30.2 Å².